The predicted octanol–water partition coefficient (Wildman–Crippen LogP) is 0.290. The lowest BCUT2D eigenvalue weighted by atomic mass is 10.1. The topological polar surface area (TPSA) is 134 Å². The lowest BCUT2D eigenvalue weighted by molar-refractivity contribution is -0.122. The molecular weight excluding hydrogens is 388 g/mol. The predicted molar refractivity (Wildman–Crippen MR) is 108 cm³/mol. The number of nitrogens with one attached hydrogen (secondary N) is 2. The number of aromatic nitrogens is 2. The minimum Gasteiger partial charge on any atom is -0.394 e. The van der Waals surface area contributed by atoms with Crippen molar-refractivity contribution in [2.45, 2.75) is 37.7 Å². The van der Waals surface area contributed by atoms with Crippen LogP contribution in [0.4, 0.5) is 0 Å². The number of ether oxygens (including phenoxy) is 1. The van der Waals surface area contributed by atoms with Crippen molar-refractivity contribution in [3.8, 4) is 11.4 Å². The third-order valence-corrected chi connectivity index (χ3v) is 4.70. The highest BCUT2D eigenvalue weighted by molar-refractivity contribution is 5.93. The van der Waals surface area contributed by atoms with Crippen LogP contribution < -0.4 is 10.6 Å². The highest BCUT2D eigenvalue weighted by atomic mass is 16.5. The summed E-state index contributed by atoms with van der Waals surface area (Å²) < 4.78 is 5.41. The van der Waals surface area contributed by atoms with Gasteiger partial charge in [0.1, 0.15) is 12.3 Å². The van der Waals surface area contributed by atoms with Crippen molar-refractivity contribution in [2.24, 2.45) is 0 Å². The maximum Gasteiger partial charge on any atom is 0.250 e. The van der Waals surface area contributed by atoms with Crippen LogP contribution in [0, 0.1) is 0 Å². The molecule has 0 spiro atoms. The van der Waals surface area contributed by atoms with Crippen molar-refractivity contribution in [1.82, 2.24) is 20.6 Å². The Kier molecular flexibility index (Phi) is 7.61. The van der Waals surface area contributed by atoms with Gasteiger partial charge in [0.25, 0.3) is 5.91 Å². The fourth-order valence-electron chi connectivity index (χ4n) is 3.15. The number of carbonyl (C=O) groups is 2. The molecule has 3 heterocycles. The van der Waals surface area contributed by atoms with Crippen LogP contribution in [0.25, 0.3) is 11.4 Å². The summed E-state index contributed by atoms with van der Waals surface area (Å²) in [7, 11) is 0. The number of aliphatic hydroxyl groups is 2. The molecule has 0 aromatic carbocycles. The van der Waals surface area contributed by atoms with Gasteiger partial charge in [-0.2, -0.15) is 0 Å². The van der Waals surface area contributed by atoms with Gasteiger partial charge in [-0.1, -0.05) is 12.1 Å². The molecule has 0 radical (unpaired) electrons. The third kappa shape index (κ3) is 5.69. The van der Waals surface area contributed by atoms with E-state index in [-0.39, 0.29) is 13.0 Å². The lowest BCUT2D eigenvalue weighted by Gasteiger charge is -2.15. The molecule has 1 aliphatic heterocycles. The van der Waals surface area contributed by atoms with Crippen LogP contribution in [0.15, 0.2) is 54.4 Å². The van der Waals surface area contributed by atoms with E-state index in [1.807, 2.05) is 36.4 Å². The number of pyridine rings is 2. The van der Waals surface area contributed by atoms with Gasteiger partial charge in [-0.3, -0.25) is 19.6 Å². The molecule has 0 aliphatic carbocycles. The van der Waals surface area contributed by atoms with E-state index in [4.69, 9.17) is 9.84 Å². The van der Waals surface area contributed by atoms with Gasteiger partial charge in [-0.05, 0) is 37.1 Å². The number of rotatable bonds is 9. The zero-order valence-electron chi connectivity index (χ0n) is 16.3. The molecule has 1 fully saturated rings. The molecule has 0 bridgehead atoms. The molecule has 158 valence electrons. The first-order chi connectivity index (χ1) is 14.6. The number of hydrogen-bond donors (Lipinski definition) is 4. The van der Waals surface area contributed by atoms with Gasteiger partial charge in [0.15, 0.2) is 0 Å². The molecule has 2 amide bonds. The monoisotopic (exact) mass is 412 g/mol. The maximum absolute atomic E-state index is 12.6. The molecule has 3 rings (SSSR count). The summed E-state index contributed by atoms with van der Waals surface area (Å²) in [6.07, 6.45) is 2.19. The van der Waals surface area contributed by atoms with E-state index in [0.717, 1.165) is 17.1 Å². The van der Waals surface area contributed by atoms with Crippen molar-refractivity contribution < 1.29 is 24.5 Å². The van der Waals surface area contributed by atoms with Crippen molar-refractivity contribution in [2.75, 3.05) is 6.61 Å². The van der Waals surface area contributed by atoms with Crippen LogP contribution in [-0.4, -0.2) is 57.5 Å². The molecule has 2 aromatic rings. The first-order valence-corrected chi connectivity index (χ1v) is 9.62. The van der Waals surface area contributed by atoms with Crippen LogP contribution in [0.3, 0.4) is 0 Å². The lowest BCUT2D eigenvalue weighted by Crippen LogP contribution is -2.36. The van der Waals surface area contributed by atoms with E-state index in [9.17, 15) is 14.7 Å². The Balaban J connectivity index is 1.64. The van der Waals surface area contributed by atoms with E-state index in [1.54, 1.807) is 6.20 Å². The molecule has 0 saturated carbocycles. The second-order valence-electron chi connectivity index (χ2n) is 6.81. The maximum atomic E-state index is 12.6. The quantitative estimate of drug-likeness (QED) is 0.344. The number of hydrogen-bond acceptors (Lipinski definition) is 7. The largest absolute Gasteiger partial charge is 0.394 e. The number of amides is 2. The van der Waals surface area contributed by atoms with E-state index in [0.29, 0.717) is 24.8 Å². The zero-order valence-corrected chi connectivity index (χ0v) is 16.3. The van der Waals surface area contributed by atoms with Crippen molar-refractivity contribution in [3.05, 3.63) is 60.1 Å². The van der Waals surface area contributed by atoms with Gasteiger partial charge in [0.2, 0.25) is 6.41 Å². The van der Waals surface area contributed by atoms with Crippen LogP contribution in [0.1, 0.15) is 18.5 Å². The Morgan fingerprint density at radius 2 is 2.07 bits per heavy atom. The van der Waals surface area contributed by atoms with E-state index < -0.39 is 24.3 Å². The van der Waals surface area contributed by atoms with Crippen molar-refractivity contribution in [1.29, 1.82) is 0 Å². The van der Waals surface area contributed by atoms with Crippen molar-refractivity contribution >= 4 is 12.3 Å². The Morgan fingerprint density at radius 3 is 2.77 bits per heavy atom. The zero-order chi connectivity index (χ0) is 21.3. The smallest absolute Gasteiger partial charge is 0.250 e. The summed E-state index contributed by atoms with van der Waals surface area (Å²) in [5.41, 5.74) is 2.59. The summed E-state index contributed by atoms with van der Waals surface area (Å²) in [4.78, 5) is 32.2. The van der Waals surface area contributed by atoms with Crippen LogP contribution in [-0.2, 0) is 20.7 Å². The summed E-state index contributed by atoms with van der Waals surface area (Å²) >= 11 is 0. The van der Waals surface area contributed by atoms with Gasteiger partial charge in [-0.15, -0.1) is 0 Å². The summed E-state index contributed by atoms with van der Waals surface area (Å²) in [6.45, 7) is -0.332. The number of aryl methyl sites for hydroxylation is 1. The summed E-state index contributed by atoms with van der Waals surface area (Å²) in [6, 6.07) is 11.2. The van der Waals surface area contributed by atoms with Gasteiger partial charge in [0, 0.05) is 30.1 Å². The first-order valence-electron chi connectivity index (χ1n) is 9.62. The second kappa shape index (κ2) is 10.6. The van der Waals surface area contributed by atoms with E-state index in [1.165, 1.54) is 6.20 Å². The first kappa shape index (κ1) is 21.6. The van der Waals surface area contributed by atoms with E-state index >= 15 is 0 Å². The van der Waals surface area contributed by atoms with Gasteiger partial charge in [-0.25, -0.2) is 0 Å². The number of carbonyl (C=O) groups excluding carboxylic acids is 2. The second-order valence-corrected chi connectivity index (χ2v) is 6.81. The Bertz CT molecular complexity index is 890. The SMILES string of the molecule is O=CN/C=C(/CCc1cccc(-c2ccccn2)n1)C(=O)NC1CC(O)C(CO)O1. The molecule has 1 saturated heterocycles. The van der Waals surface area contributed by atoms with Crippen LogP contribution in [0.5, 0.6) is 0 Å². The number of nitrogens with zero attached hydrogens (tertiary/aromatic N) is 2. The molecule has 3 atom stereocenters. The Hall–Kier alpha value is -3.14. The molecule has 9 nitrogen and oxygen atoms in total. The van der Waals surface area contributed by atoms with Crippen LogP contribution in [0.2, 0.25) is 0 Å². The average Bonchev–Trinajstić information content (AvgIpc) is 3.13. The van der Waals surface area contributed by atoms with Gasteiger partial charge >= 0.3 is 0 Å². The summed E-state index contributed by atoms with van der Waals surface area (Å²) in [5, 5.41) is 24.0. The number of aliphatic hydroxyl groups excluding tert-OH is 2. The minimum atomic E-state index is -0.848. The molecule has 4 N–H and O–H groups in total. The molecular formula is C21H24N4O5. The molecule has 2 aromatic heterocycles. The van der Waals surface area contributed by atoms with Crippen LogP contribution >= 0.6 is 0 Å². The molecule has 30 heavy (non-hydrogen) atoms. The normalized spacial score (nSPS) is 21.3. The van der Waals surface area contributed by atoms with E-state index in [2.05, 4.69) is 20.6 Å². The molecule has 3 unspecified atom stereocenters. The van der Waals surface area contributed by atoms with Gasteiger partial charge < -0.3 is 25.6 Å². The molecule has 9 heteroatoms. The highest BCUT2D eigenvalue weighted by Gasteiger charge is 2.34. The fraction of sp³-hybridized carbons (Fsp3) is 0.333. The minimum absolute atomic E-state index is 0.180. The fourth-order valence-corrected chi connectivity index (χ4v) is 3.15. The van der Waals surface area contributed by atoms with Crippen molar-refractivity contribution in [3.63, 3.8) is 0 Å². The standard InChI is InChI=1S/C21H24N4O5/c26-12-19-18(28)10-20(30-19)25-21(29)14(11-22-13-27)7-8-15-4-3-6-17(24-15)16-5-1-2-9-23-16/h1-6,9,11,13,18-20,26,28H,7-8,10,12H2,(H,22,27)(H,25,29)/b14-11-. The Labute approximate surface area is 173 Å². The average molecular weight is 412 g/mol. The molecule has 1 aliphatic rings. The highest BCUT2D eigenvalue weighted by Crippen LogP contribution is 2.19. The third-order valence-electron chi connectivity index (χ3n) is 4.70. The summed E-state index contributed by atoms with van der Waals surface area (Å²) in [5.74, 6) is -0.430. The Morgan fingerprint density at radius 1 is 1.23 bits per heavy atom. The van der Waals surface area contributed by atoms with Gasteiger partial charge in [0.05, 0.1) is 24.1 Å².